The topological polar surface area (TPSA) is 52.6 Å². The molecule has 0 atom stereocenters. The average Bonchev–Trinajstić information content (AvgIpc) is 2.75. The van der Waals surface area contributed by atoms with Crippen molar-refractivity contribution in [1.82, 2.24) is 0 Å². The molecule has 0 fully saturated rings. The quantitative estimate of drug-likeness (QED) is 0.101. The molecular weight excluding hydrogens is 376 g/mol. The lowest BCUT2D eigenvalue weighted by atomic mass is 10.1. The van der Waals surface area contributed by atoms with Gasteiger partial charge in [-0.1, -0.05) is 96.6 Å². The third-order valence-electron chi connectivity index (χ3n) is 5.21. The fraction of sp³-hybridized carbons (Fsp3) is 0.846. The van der Waals surface area contributed by atoms with E-state index in [2.05, 4.69) is 26.0 Å². The predicted molar refractivity (Wildman–Crippen MR) is 126 cm³/mol. The Morgan fingerprint density at radius 3 is 1.47 bits per heavy atom. The van der Waals surface area contributed by atoms with Gasteiger partial charge in [0.2, 0.25) is 0 Å². The molecule has 30 heavy (non-hydrogen) atoms. The first kappa shape index (κ1) is 28.7. The summed E-state index contributed by atoms with van der Waals surface area (Å²) in [5.41, 5.74) is 0. The highest BCUT2D eigenvalue weighted by Gasteiger charge is 2.08. The second-order valence-electron chi connectivity index (χ2n) is 8.23. The van der Waals surface area contributed by atoms with Crippen LogP contribution in [0.1, 0.15) is 129 Å². The number of hydrogen-bond donors (Lipinski definition) is 0. The van der Waals surface area contributed by atoms with Gasteiger partial charge in [-0.25, -0.2) is 0 Å². The fourth-order valence-electron chi connectivity index (χ4n) is 3.26. The Bertz CT molecular complexity index is 417. The van der Waals surface area contributed by atoms with Crippen LogP contribution in [-0.4, -0.2) is 25.2 Å². The molecule has 4 heteroatoms. The molecule has 0 bridgehead atoms. The monoisotopic (exact) mass is 424 g/mol. The van der Waals surface area contributed by atoms with Crippen molar-refractivity contribution < 1.29 is 19.1 Å². The van der Waals surface area contributed by atoms with Gasteiger partial charge in [0, 0.05) is 0 Å². The van der Waals surface area contributed by atoms with E-state index in [0.717, 1.165) is 32.1 Å². The summed E-state index contributed by atoms with van der Waals surface area (Å²) >= 11 is 0. The van der Waals surface area contributed by atoms with E-state index in [1.807, 2.05) is 0 Å². The summed E-state index contributed by atoms with van der Waals surface area (Å²) in [4.78, 5) is 23.4. The molecule has 0 spiro atoms. The summed E-state index contributed by atoms with van der Waals surface area (Å²) in [6.07, 6.45) is 23.9. The van der Waals surface area contributed by atoms with Crippen molar-refractivity contribution >= 4 is 11.9 Å². The number of carbonyl (C=O) groups excluding carboxylic acids is 2. The third kappa shape index (κ3) is 23.0. The molecule has 0 saturated carbocycles. The number of rotatable bonds is 22. The minimum Gasteiger partial charge on any atom is -0.466 e. The van der Waals surface area contributed by atoms with E-state index in [4.69, 9.17) is 9.47 Å². The van der Waals surface area contributed by atoms with Crippen LogP contribution in [0.5, 0.6) is 0 Å². The Kier molecular flexibility index (Phi) is 22.9. The van der Waals surface area contributed by atoms with Crippen LogP contribution in [0.25, 0.3) is 0 Å². The summed E-state index contributed by atoms with van der Waals surface area (Å²) in [5.74, 6) is -0.601. The minimum absolute atomic E-state index is 0.115. The van der Waals surface area contributed by atoms with E-state index < -0.39 is 0 Å². The zero-order valence-corrected chi connectivity index (χ0v) is 19.9. The summed E-state index contributed by atoms with van der Waals surface area (Å²) < 4.78 is 10.4. The average molecular weight is 425 g/mol. The fourth-order valence-corrected chi connectivity index (χ4v) is 3.26. The highest BCUT2D eigenvalue weighted by molar-refractivity contribution is 5.77. The van der Waals surface area contributed by atoms with Crippen molar-refractivity contribution in [1.29, 1.82) is 0 Å². The van der Waals surface area contributed by atoms with Crippen LogP contribution in [0, 0.1) is 0 Å². The lowest BCUT2D eigenvalue weighted by molar-refractivity contribution is -0.150. The van der Waals surface area contributed by atoms with Crippen LogP contribution >= 0.6 is 0 Å². The number of ether oxygens (including phenoxy) is 2. The first-order chi connectivity index (χ1) is 14.7. The van der Waals surface area contributed by atoms with Gasteiger partial charge in [0.05, 0.1) is 26.1 Å². The van der Waals surface area contributed by atoms with E-state index in [-0.39, 0.29) is 24.8 Å². The molecule has 0 aliphatic heterocycles. The molecule has 176 valence electrons. The molecule has 0 aromatic rings. The van der Waals surface area contributed by atoms with Gasteiger partial charge in [0.1, 0.15) is 0 Å². The van der Waals surface area contributed by atoms with Crippen molar-refractivity contribution in [2.75, 3.05) is 13.2 Å². The Hall–Kier alpha value is -1.32. The Morgan fingerprint density at radius 1 is 0.533 bits per heavy atom. The molecule has 0 aliphatic carbocycles. The van der Waals surface area contributed by atoms with Crippen LogP contribution in [0.15, 0.2) is 12.2 Å². The summed E-state index contributed by atoms with van der Waals surface area (Å²) in [7, 11) is 0. The smallest absolute Gasteiger partial charge is 0.306 e. The molecule has 0 saturated heterocycles. The van der Waals surface area contributed by atoms with E-state index in [9.17, 15) is 9.59 Å². The van der Waals surface area contributed by atoms with Gasteiger partial charge in [-0.15, -0.1) is 0 Å². The van der Waals surface area contributed by atoms with Crippen LogP contribution in [0.3, 0.4) is 0 Å². The Balaban J connectivity index is 3.36. The van der Waals surface area contributed by atoms with Gasteiger partial charge in [-0.3, -0.25) is 9.59 Å². The van der Waals surface area contributed by atoms with Crippen molar-refractivity contribution in [2.24, 2.45) is 0 Å². The number of esters is 2. The molecule has 0 amide bonds. The van der Waals surface area contributed by atoms with Crippen LogP contribution in [0.2, 0.25) is 0 Å². The van der Waals surface area contributed by atoms with Crippen molar-refractivity contribution in [3.8, 4) is 0 Å². The molecule has 0 N–H and O–H groups in total. The zero-order chi connectivity index (χ0) is 22.1. The second-order valence-corrected chi connectivity index (χ2v) is 8.23. The molecule has 0 aromatic carbocycles. The van der Waals surface area contributed by atoms with Gasteiger partial charge in [-0.05, 0) is 32.1 Å². The molecule has 0 radical (unpaired) electrons. The summed E-state index contributed by atoms with van der Waals surface area (Å²) in [6.45, 7) is 5.34. The van der Waals surface area contributed by atoms with Gasteiger partial charge >= 0.3 is 11.9 Å². The number of unbranched alkanes of at least 4 members (excludes halogenated alkanes) is 13. The van der Waals surface area contributed by atoms with Crippen LogP contribution < -0.4 is 0 Å². The predicted octanol–water partition coefficient (Wildman–Crippen LogP) is 7.69. The molecular formula is C26H48O4. The standard InChI is InChI=1S/C26H48O4/c1-3-5-7-9-11-13-14-16-18-20-24-30-26(28)22-21-25(27)29-23-19-17-15-12-10-8-6-4-2/h12,15H,3-11,13-14,16-24H2,1-2H3/b15-12+. The number of hydrogen-bond acceptors (Lipinski definition) is 4. The molecule has 0 aromatic heterocycles. The largest absolute Gasteiger partial charge is 0.466 e. The zero-order valence-electron chi connectivity index (χ0n) is 19.9. The first-order valence-electron chi connectivity index (χ1n) is 12.7. The molecule has 0 unspecified atom stereocenters. The Labute approximate surface area is 186 Å². The highest BCUT2D eigenvalue weighted by atomic mass is 16.5. The number of allylic oxidation sites excluding steroid dienone is 2. The molecule has 0 heterocycles. The maximum absolute atomic E-state index is 11.7. The van der Waals surface area contributed by atoms with Crippen molar-refractivity contribution in [3.05, 3.63) is 12.2 Å². The third-order valence-corrected chi connectivity index (χ3v) is 5.21. The lowest BCUT2D eigenvalue weighted by Gasteiger charge is -2.06. The van der Waals surface area contributed by atoms with Crippen molar-refractivity contribution in [3.63, 3.8) is 0 Å². The normalized spacial score (nSPS) is 11.1. The molecule has 0 rings (SSSR count). The van der Waals surface area contributed by atoms with Gasteiger partial charge in [0.25, 0.3) is 0 Å². The van der Waals surface area contributed by atoms with Gasteiger partial charge in [0.15, 0.2) is 0 Å². The van der Waals surface area contributed by atoms with E-state index in [0.29, 0.717) is 13.2 Å². The molecule has 4 nitrogen and oxygen atoms in total. The first-order valence-corrected chi connectivity index (χ1v) is 12.7. The van der Waals surface area contributed by atoms with Crippen LogP contribution in [0.4, 0.5) is 0 Å². The van der Waals surface area contributed by atoms with Gasteiger partial charge in [-0.2, -0.15) is 0 Å². The Morgan fingerprint density at radius 2 is 0.933 bits per heavy atom. The van der Waals surface area contributed by atoms with E-state index >= 15 is 0 Å². The maximum atomic E-state index is 11.7. The molecule has 0 aliphatic rings. The lowest BCUT2D eigenvalue weighted by Crippen LogP contribution is -2.11. The number of carbonyl (C=O) groups is 2. The SMILES string of the molecule is CCCCC/C=C/CCCOC(=O)CCC(=O)OCCCCCCCCCCCC. The summed E-state index contributed by atoms with van der Waals surface area (Å²) in [5, 5.41) is 0. The minimum atomic E-state index is -0.308. The second kappa shape index (κ2) is 24.0. The van der Waals surface area contributed by atoms with Crippen molar-refractivity contribution in [2.45, 2.75) is 129 Å². The summed E-state index contributed by atoms with van der Waals surface area (Å²) in [6, 6.07) is 0. The van der Waals surface area contributed by atoms with E-state index in [1.54, 1.807) is 0 Å². The van der Waals surface area contributed by atoms with E-state index in [1.165, 1.54) is 70.6 Å². The van der Waals surface area contributed by atoms with Crippen LogP contribution in [-0.2, 0) is 19.1 Å². The highest BCUT2D eigenvalue weighted by Crippen LogP contribution is 2.10. The maximum Gasteiger partial charge on any atom is 0.306 e. The van der Waals surface area contributed by atoms with Gasteiger partial charge < -0.3 is 9.47 Å².